The second-order valence-electron chi connectivity index (χ2n) is 4.57. The van der Waals surface area contributed by atoms with Crippen molar-refractivity contribution in [3.05, 3.63) is 54.9 Å². The molecule has 4 heteroatoms. The number of methoxy groups -OCH3 is 1. The van der Waals surface area contributed by atoms with E-state index in [1.54, 1.807) is 13.3 Å². The van der Waals surface area contributed by atoms with E-state index in [-0.39, 0.29) is 0 Å². The normalized spacial score (nSPS) is 11.2. The average Bonchev–Trinajstić information content (AvgIpc) is 3.13. The van der Waals surface area contributed by atoms with Gasteiger partial charge < -0.3 is 9.15 Å². The lowest BCUT2D eigenvalue weighted by molar-refractivity contribution is 0.415. The third-order valence-electron chi connectivity index (χ3n) is 3.43. The Morgan fingerprint density at radius 3 is 2.85 bits per heavy atom. The van der Waals surface area contributed by atoms with Crippen LogP contribution in [0.4, 0.5) is 0 Å². The molecule has 0 saturated heterocycles. The van der Waals surface area contributed by atoms with Crippen LogP contribution in [0, 0.1) is 0 Å². The van der Waals surface area contributed by atoms with Crippen LogP contribution in [0.5, 0.6) is 5.75 Å². The molecule has 0 spiro atoms. The Hall–Kier alpha value is -2.75. The maximum atomic E-state index is 5.99. The Morgan fingerprint density at radius 1 is 1.10 bits per heavy atom. The standard InChI is InChI=1S/C16H12N2O2/c1-19-11-6-7-15-13(10-11)12-4-2-5-14(16(12)20-15)18-9-3-8-17-18/h2-10H,1H3. The van der Waals surface area contributed by atoms with Gasteiger partial charge in [0.2, 0.25) is 0 Å². The van der Waals surface area contributed by atoms with Gasteiger partial charge in [0.25, 0.3) is 0 Å². The summed E-state index contributed by atoms with van der Waals surface area (Å²) in [6.07, 6.45) is 3.66. The molecule has 20 heavy (non-hydrogen) atoms. The minimum absolute atomic E-state index is 0.824. The Labute approximate surface area is 115 Å². The summed E-state index contributed by atoms with van der Waals surface area (Å²) in [5.74, 6) is 0.824. The van der Waals surface area contributed by atoms with E-state index in [2.05, 4.69) is 5.10 Å². The van der Waals surface area contributed by atoms with Gasteiger partial charge in [-0.05, 0) is 30.3 Å². The highest BCUT2D eigenvalue weighted by Gasteiger charge is 2.12. The lowest BCUT2D eigenvalue weighted by Gasteiger charge is -2.01. The molecule has 0 unspecified atom stereocenters. The van der Waals surface area contributed by atoms with Gasteiger partial charge in [0.15, 0.2) is 5.58 Å². The summed E-state index contributed by atoms with van der Waals surface area (Å²) in [6.45, 7) is 0. The van der Waals surface area contributed by atoms with Crippen molar-refractivity contribution in [2.24, 2.45) is 0 Å². The van der Waals surface area contributed by atoms with Gasteiger partial charge in [0.1, 0.15) is 17.0 Å². The van der Waals surface area contributed by atoms with Crippen molar-refractivity contribution in [2.45, 2.75) is 0 Å². The van der Waals surface area contributed by atoms with E-state index in [0.717, 1.165) is 33.4 Å². The number of aromatic nitrogens is 2. The summed E-state index contributed by atoms with van der Waals surface area (Å²) in [4.78, 5) is 0. The minimum Gasteiger partial charge on any atom is -0.497 e. The zero-order chi connectivity index (χ0) is 13.5. The Kier molecular flexibility index (Phi) is 2.29. The van der Waals surface area contributed by atoms with Gasteiger partial charge in [-0.3, -0.25) is 0 Å². The predicted molar refractivity (Wildman–Crippen MR) is 77.4 cm³/mol. The maximum absolute atomic E-state index is 5.99. The number of para-hydroxylation sites is 1. The molecule has 0 amide bonds. The molecular weight excluding hydrogens is 252 g/mol. The second-order valence-corrected chi connectivity index (χ2v) is 4.57. The van der Waals surface area contributed by atoms with Gasteiger partial charge in [-0.15, -0.1) is 0 Å². The van der Waals surface area contributed by atoms with Crippen LogP contribution >= 0.6 is 0 Å². The van der Waals surface area contributed by atoms with Gasteiger partial charge in [0.05, 0.1) is 7.11 Å². The molecule has 4 rings (SSSR count). The first kappa shape index (κ1) is 11.1. The lowest BCUT2D eigenvalue weighted by Crippen LogP contribution is -1.93. The van der Waals surface area contributed by atoms with E-state index >= 15 is 0 Å². The van der Waals surface area contributed by atoms with Crippen molar-refractivity contribution in [3.8, 4) is 11.4 Å². The molecule has 2 heterocycles. The Balaban J connectivity index is 2.09. The molecule has 0 atom stereocenters. The van der Waals surface area contributed by atoms with Gasteiger partial charge in [-0.2, -0.15) is 5.10 Å². The average molecular weight is 264 g/mol. The summed E-state index contributed by atoms with van der Waals surface area (Å²) in [7, 11) is 1.67. The molecular formula is C16H12N2O2. The summed E-state index contributed by atoms with van der Waals surface area (Å²) >= 11 is 0. The van der Waals surface area contributed by atoms with E-state index < -0.39 is 0 Å². The summed E-state index contributed by atoms with van der Waals surface area (Å²) in [5, 5.41) is 6.38. The van der Waals surface area contributed by atoms with E-state index in [1.807, 2.05) is 53.3 Å². The largest absolute Gasteiger partial charge is 0.497 e. The van der Waals surface area contributed by atoms with Crippen LogP contribution in [0.2, 0.25) is 0 Å². The molecule has 0 N–H and O–H groups in total. The highest BCUT2D eigenvalue weighted by molar-refractivity contribution is 6.07. The van der Waals surface area contributed by atoms with Gasteiger partial charge in [-0.1, -0.05) is 12.1 Å². The van der Waals surface area contributed by atoms with Crippen LogP contribution in [-0.2, 0) is 0 Å². The molecule has 98 valence electrons. The second kappa shape index (κ2) is 4.13. The first-order valence-corrected chi connectivity index (χ1v) is 6.36. The fraction of sp³-hybridized carbons (Fsp3) is 0.0625. The number of rotatable bonds is 2. The molecule has 4 aromatic rings. The van der Waals surface area contributed by atoms with Crippen molar-refractivity contribution < 1.29 is 9.15 Å². The zero-order valence-electron chi connectivity index (χ0n) is 10.9. The summed E-state index contributed by atoms with van der Waals surface area (Å²) < 4.78 is 13.1. The maximum Gasteiger partial charge on any atom is 0.161 e. The van der Waals surface area contributed by atoms with Crippen LogP contribution in [0.1, 0.15) is 0 Å². The fourth-order valence-corrected chi connectivity index (χ4v) is 2.48. The molecule has 2 aromatic heterocycles. The van der Waals surface area contributed by atoms with Crippen molar-refractivity contribution in [2.75, 3.05) is 7.11 Å². The van der Waals surface area contributed by atoms with Crippen molar-refractivity contribution in [3.63, 3.8) is 0 Å². The molecule has 0 aliphatic rings. The molecule has 0 bridgehead atoms. The van der Waals surface area contributed by atoms with Gasteiger partial charge in [-0.25, -0.2) is 4.68 Å². The number of hydrogen-bond donors (Lipinski definition) is 0. The third-order valence-corrected chi connectivity index (χ3v) is 3.43. The van der Waals surface area contributed by atoms with Crippen molar-refractivity contribution >= 4 is 21.9 Å². The van der Waals surface area contributed by atoms with Gasteiger partial charge >= 0.3 is 0 Å². The number of ether oxygens (including phenoxy) is 1. The monoisotopic (exact) mass is 264 g/mol. The molecule has 4 nitrogen and oxygen atoms in total. The van der Waals surface area contributed by atoms with Crippen LogP contribution in [0.25, 0.3) is 27.6 Å². The first-order chi connectivity index (χ1) is 9.86. The molecule has 0 saturated carbocycles. The van der Waals surface area contributed by atoms with E-state index in [0.29, 0.717) is 0 Å². The van der Waals surface area contributed by atoms with Crippen molar-refractivity contribution in [1.82, 2.24) is 9.78 Å². The molecule has 2 aromatic carbocycles. The molecule has 0 fully saturated rings. The molecule has 0 aliphatic heterocycles. The van der Waals surface area contributed by atoms with E-state index in [1.165, 1.54) is 0 Å². The topological polar surface area (TPSA) is 40.2 Å². The lowest BCUT2D eigenvalue weighted by atomic mass is 10.1. The van der Waals surface area contributed by atoms with Gasteiger partial charge in [0, 0.05) is 23.2 Å². The number of furan rings is 1. The van der Waals surface area contributed by atoms with Crippen LogP contribution in [-0.4, -0.2) is 16.9 Å². The molecule has 0 aliphatic carbocycles. The predicted octanol–water partition coefficient (Wildman–Crippen LogP) is 3.78. The number of fused-ring (bicyclic) bond motifs is 3. The quantitative estimate of drug-likeness (QED) is 0.553. The minimum atomic E-state index is 0.824. The smallest absolute Gasteiger partial charge is 0.161 e. The van der Waals surface area contributed by atoms with Crippen LogP contribution < -0.4 is 4.74 Å². The SMILES string of the molecule is COc1ccc2oc3c(-n4cccn4)cccc3c2c1. The summed E-state index contributed by atoms with van der Waals surface area (Å²) in [6, 6.07) is 13.8. The zero-order valence-corrected chi connectivity index (χ0v) is 10.9. The summed E-state index contributed by atoms with van der Waals surface area (Å²) in [5.41, 5.74) is 2.61. The van der Waals surface area contributed by atoms with E-state index in [4.69, 9.17) is 9.15 Å². The highest BCUT2D eigenvalue weighted by atomic mass is 16.5. The fourth-order valence-electron chi connectivity index (χ4n) is 2.48. The number of hydrogen-bond acceptors (Lipinski definition) is 3. The highest BCUT2D eigenvalue weighted by Crippen LogP contribution is 2.34. The van der Waals surface area contributed by atoms with Crippen molar-refractivity contribution in [1.29, 1.82) is 0 Å². The van der Waals surface area contributed by atoms with Crippen LogP contribution in [0.3, 0.4) is 0 Å². The Morgan fingerprint density at radius 2 is 2.05 bits per heavy atom. The van der Waals surface area contributed by atoms with E-state index in [9.17, 15) is 0 Å². The molecule has 0 radical (unpaired) electrons. The Bertz CT molecular complexity index is 892. The number of benzene rings is 2. The third kappa shape index (κ3) is 1.51. The number of nitrogens with zero attached hydrogens (tertiary/aromatic N) is 2. The first-order valence-electron chi connectivity index (χ1n) is 6.36. The van der Waals surface area contributed by atoms with Crippen LogP contribution in [0.15, 0.2) is 59.3 Å².